The van der Waals surface area contributed by atoms with Gasteiger partial charge < -0.3 is 4.90 Å². The van der Waals surface area contributed by atoms with Crippen LogP contribution in [0.3, 0.4) is 0 Å². The first-order valence-electron chi connectivity index (χ1n) is 7.54. The van der Waals surface area contributed by atoms with Crippen LogP contribution in [0, 0.1) is 5.82 Å². The van der Waals surface area contributed by atoms with E-state index >= 15 is 0 Å². The number of benzene rings is 1. The van der Waals surface area contributed by atoms with Crippen molar-refractivity contribution >= 4 is 5.91 Å². The van der Waals surface area contributed by atoms with Crippen LogP contribution in [0.15, 0.2) is 24.3 Å². The Labute approximate surface area is 119 Å². The number of hydrogen-bond acceptors (Lipinski definition) is 2. The second kappa shape index (κ2) is 5.52. The van der Waals surface area contributed by atoms with Gasteiger partial charge in [0, 0.05) is 6.04 Å². The molecule has 4 heteroatoms. The van der Waals surface area contributed by atoms with Crippen molar-refractivity contribution < 1.29 is 9.18 Å². The normalized spacial score (nSPS) is 27.5. The highest BCUT2D eigenvalue weighted by atomic mass is 19.1. The Kier molecular flexibility index (Phi) is 3.74. The van der Waals surface area contributed by atoms with Crippen LogP contribution in [-0.4, -0.2) is 22.9 Å². The van der Waals surface area contributed by atoms with E-state index in [9.17, 15) is 9.18 Å². The highest BCUT2D eigenvalue weighted by Crippen LogP contribution is 2.34. The van der Waals surface area contributed by atoms with Crippen LogP contribution >= 0.6 is 0 Å². The molecule has 3 nitrogen and oxygen atoms in total. The van der Waals surface area contributed by atoms with Gasteiger partial charge in [0.15, 0.2) is 0 Å². The van der Waals surface area contributed by atoms with E-state index in [0.717, 1.165) is 24.8 Å². The summed E-state index contributed by atoms with van der Waals surface area (Å²) >= 11 is 0. The molecule has 1 saturated heterocycles. The molecule has 0 bridgehead atoms. The molecular formula is C16H21FN2O. The first-order valence-corrected chi connectivity index (χ1v) is 7.54. The van der Waals surface area contributed by atoms with Gasteiger partial charge in [-0.2, -0.15) is 0 Å². The number of halogens is 1. The molecule has 0 aromatic heterocycles. The summed E-state index contributed by atoms with van der Waals surface area (Å²) in [5, 5.41) is 3.37. The van der Waals surface area contributed by atoms with Crippen LogP contribution in [0.5, 0.6) is 0 Å². The third-order valence-corrected chi connectivity index (χ3v) is 4.48. The lowest BCUT2D eigenvalue weighted by Crippen LogP contribution is -2.38. The lowest BCUT2D eigenvalue weighted by Gasteiger charge is -2.30. The Hall–Kier alpha value is -1.42. The molecule has 1 aromatic rings. The molecule has 0 radical (unpaired) electrons. The summed E-state index contributed by atoms with van der Waals surface area (Å²) in [5.41, 5.74) is 0.848. The van der Waals surface area contributed by atoms with E-state index in [-0.39, 0.29) is 23.9 Å². The van der Waals surface area contributed by atoms with E-state index in [1.807, 2.05) is 17.9 Å². The Morgan fingerprint density at radius 3 is 2.75 bits per heavy atom. The number of carbonyl (C=O) groups excluding carboxylic acids is 1. The molecular weight excluding hydrogens is 255 g/mol. The zero-order chi connectivity index (χ0) is 14.1. The first-order chi connectivity index (χ1) is 9.70. The molecule has 1 heterocycles. The average Bonchev–Trinajstić information content (AvgIpc) is 3.05. The molecule has 2 atom stereocenters. The molecule has 1 N–H and O–H groups in total. The van der Waals surface area contributed by atoms with Crippen molar-refractivity contribution in [2.24, 2.45) is 0 Å². The van der Waals surface area contributed by atoms with Crippen LogP contribution in [-0.2, 0) is 4.79 Å². The van der Waals surface area contributed by atoms with Gasteiger partial charge in [-0.05, 0) is 37.0 Å². The molecule has 2 fully saturated rings. The molecule has 1 amide bonds. The van der Waals surface area contributed by atoms with Crippen molar-refractivity contribution in [2.45, 2.75) is 57.3 Å². The van der Waals surface area contributed by atoms with Crippen LogP contribution < -0.4 is 5.32 Å². The molecule has 1 aliphatic carbocycles. The van der Waals surface area contributed by atoms with Crippen molar-refractivity contribution in [3.8, 4) is 0 Å². The largest absolute Gasteiger partial charge is 0.319 e. The van der Waals surface area contributed by atoms with Crippen LogP contribution in [0.1, 0.15) is 50.8 Å². The van der Waals surface area contributed by atoms with Gasteiger partial charge in [-0.1, -0.05) is 31.9 Å². The maximum atomic E-state index is 13.5. The highest BCUT2D eigenvalue weighted by molar-refractivity contribution is 5.84. The number of amides is 1. The van der Waals surface area contributed by atoms with Gasteiger partial charge >= 0.3 is 0 Å². The molecule has 2 aliphatic rings. The van der Waals surface area contributed by atoms with Crippen molar-refractivity contribution in [1.82, 2.24) is 10.2 Å². The van der Waals surface area contributed by atoms with E-state index in [1.165, 1.54) is 25.0 Å². The fourth-order valence-electron chi connectivity index (χ4n) is 3.45. The maximum absolute atomic E-state index is 13.5. The summed E-state index contributed by atoms with van der Waals surface area (Å²) in [6, 6.07) is 6.75. The van der Waals surface area contributed by atoms with Gasteiger partial charge in [0.2, 0.25) is 5.91 Å². The van der Waals surface area contributed by atoms with Gasteiger partial charge in [0.05, 0.1) is 6.04 Å². The summed E-state index contributed by atoms with van der Waals surface area (Å²) in [7, 11) is 0. The van der Waals surface area contributed by atoms with Crippen LogP contribution in [0.4, 0.5) is 4.39 Å². The lowest BCUT2D eigenvalue weighted by molar-refractivity contribution is -0.132. The summed E-state index contributed by atoms with van der Waals surface area (Å²) < 4.78 is 13.5. The van der Waals surface area contributed by atoms with Crippen molar-refractivity contribution in [1.29, 1.82) is 0 Å². The zero-order valence-electron chi connectivity index (χ0n) is 11.8. The summed E-state index contributed by atoms with van der Waals surface area (Å²) in [5.74, 6) is -0.0725. The third-order valence-electron chi connectivity index (χ3n) is 4.48. The van der Waals surface area contributed by atoms with Gasteiger partial charge in [-0.25, -0.2) is 4.39 Å². The SMILES string of the molecule is CCC1NC(c2cccc(F)c2)N(C2CCCC2)C1=O. The summed E-state index contributed by atoms with van der Waals surface area (Å²) in [6.07, 6.45) is 5.09. The zero-order valence-corrected chi connectivity index (χ0v) is 11.8. The smallest absolute Gasteiger partial charge is 0.241 e. The predicted octanol–water partition coefficient (Wildman–Crippen LogP) is 2.98. The monoisotopic (exact) mass is 276 g/mol. The summed E-state index contributed by atoms with van der Waals surface area (Å²) in [6.45, 7) is 2.01. The second-order valence-electron chi connectivity index (χ2n) is 5.77. The number of rotatable bonds is 3. The van der Waals surface area contributed by atoms with E-state index in [4.69, 9.17) is 0 Å². The van der Waals surface area contributed by atoms with E-state index in [1.54, 1.807) is 6.07 Å². The number of nitrogens with zero attached hydrogens (tertiary/aromatic N) is 1. The molecule has 1 aromatic carbocycles. The van der Waals surface area contributed by atoms with Crippen molar-refractivity contribution in [3.63, 3.8) is 0 Å². The molecule has 3 rings (SSSR count). The molecule has 1 aliphatic heterocycles. The molecule has 0 spiro atoms. The third kappa shape index (κ3) is 2.33. The predicted molar refractivity (Wildman–Crippen MR) is 75.5 cm³/mol. The van der Waals surface area contributed by atoms with Gasteiger partial charge in [-0.15, -0.1) is 0 Å². The molecule has 108 valence electrons. The molecule has 1 saturated carbocycles. The number of carbonyl (C=O) groups is 1. The number of hydrogen-bond donors (Lipinski definition) is 1. The Bertz CT molecular complexity index is 499. The first kappa shape index (κ1) is 13.6. The van der Waals surface area contributed by atoms with Crippen molar-refractivity contribution in [3.05, 3.63) is 35.6 Å². The Morgan fingerprint density at radius 2 is 2.10 bits per heavy atom. The minimum absolute atomic E-state index is 0.135. The topological polar surface area (TPSA) is 32.3 Å². The van der Waals surface area contributed by atoms with Gasteiger partial charge in [0.25, 0.3) is 0 Å². The van der Waals surface area contributed by atoms with Crippen molar-refractivity contribution in [2.75, 3.05) is 0 Å². The quantitative estimate of drug-likeness (QED) is 0.920. The minimum atomic E-state index is -0.247. The second-order valence-corrected chi connectivity index (χ2v) is 5.77. The fourth-order valence-corrected chi connectivity index (χ4v) is 3.45. The lowest BCUT2D eigenvalue weighted by atomic mass is 10.1. The van der Waals surface area contributed by atoms with E-state index < -0.39 is 0 Å². The van der Waals surface area contributed by atoms with E-state index in [0.29, 0.717) is 6.04 Å². The fraction of sp³-hybridized carbons (Fsp3) is 0.562. The molecule has 20 heavy (non-hydrogen) atoms. The van der Waals surface area contributed by atoms with Crippen LogP contribution in [0.2, 0.25) is 0 Å². The average molecular weight is 276 g/mol. The van der Waals surface area contributed by atoms with Gasteiger partial charge in [-0.3, -0.25) is 10.1 Å². The van der Waals surface area contributed by atoms with Gasteiger partial charge in [0.1, 0.15) is 12.0 Å². The highest BCUT2D eigenvalue weighted by Gasteiger charge is 2.42. The Balaban J connectivity index is 1.92. The van der Waals surface area contributed by atoms with Crippen LogP contribution in [0.25, 0.3) is 0 Å². The standard InChI is InChI=1S/C16H21FN2O/c1-2-14-16(20)19(13-8-3-4-9-13)15(18-14)11-6-5-7-12(17)10-11/h5-7,10,13-15,18H,2-4,8-9H2,1H3. The van der Waals surface area contributed by atoms with E-state index in [2.05, 4.69) is 5.32 Å². The summed E-state index contributed by atoms with van der Waals surface area (Å²) in [4.78, 5) is 14.5. The molecule has 2 unspecified atom stereocenters. The number of nitrogens with one attached hydrogen (secondary N) is 1. The maximum Gasteiger partial charge on any atom is 0.241 e. The Morgan fingerprint density at radius 1 is 1.35 bits per heavy atom. The minimum Gasteiger partial charge on any atom is -0.319 e.